The largest absolute Gasteiger partial charge is 0.508 e. The highest BCUT2D eigenvalue weighted by Gasteiger charge is 2.63. The number of benzene rings is 2. The van der Waals surface area contributed by atoms with Crippen LogP contribution < -0.4 is 21.3 Å². The number of imide groups is 1. The summed E-state index contributed by atoms with van der Waals surface area (Å²) in [5.41, 5.74) is 3.25. The Bertz CT molecular complexity index is 4760. The van der Waals surface area contributed by atoms with Gasteiger partial charge in [-0.3, -0.25) is 34.1 Å². The summed E-state index contributed by atoms with van der Waals surface area (Å²) in [6.45, 7) is 9.63. The number of ketones is 1. The molecule has 44 heteroatoms. The number of aromatic hydroxyl groups is 1. The van der Waals surface area contributed by atoms with E-state index in [2.05, 4.69) is 45.4 Å². The van der Waals surface area contributed by atoms with Gasteiger partial charge in [0.05, 0.1) is 62.1 Å². The Kier molecular flexibility index (Phi) is 35.1. The molecule has 12 bridgehead atoms. The number of fused-ring (bicyclic) bond motifs is 7. The van der Waals surface area contributed by atoms with Crippen LogP contribution in [-0.4, -0.2) is 379 Å². The minimum atomic E-state index is -2.26. The number of nitrogens with one attached hydrogen (secondary N) is 4. The molecule has 5 aliphatic carbocycles. The van der Waals surface area contributed by atoms with Crippen LogP contribution in [0.15, 0.2) is 36.4 Å². The number of phenolic OH excluding ortho intramolecular Hbond substituents is 1. The van der Waals surface area contributed by atoms with Gasteiger partial charge in [0.2, 0.25) is 29.5 Å². The molecule has 31 unspecified atom stereocenters. The average Bonchev–Trinajstić information content (AvgIpc) is 1.18. The number of rotatable bonds is 26. The second-order valence-electron chi connectivity index (χ2n) is 42.0. The zero-order valence-corrected chi connectivity index (χ0v) is 80.8. The molecule has 22 saturated heterocycles. The number of nitrogens with zero attached hydrogens (tertiary/aromatic N) is 3. The fraction of sp³-hybridized carbons (Fsp3) is 0.794. The first-order chi connectivity index (χ1) is 67.2. The Morgan fingerprint density at radius 3 is 1.33 bits per heavy atom. The van der Waals surface area contributed by atoms with Crippen LogP contribution in [0.2, 0.25) is 0 Å². The van der Waals surface area contributed by atoms with Crippen LogP contribution in [0.4, 0.5) is 5.69 Å². The third-order valence-corrected chi connectivity index (χ3v) is 32.5. The van der Waals surface area contributed by atoms with Gasteiger partial charge in [0.25, 0.3) is 0 Å². The Morgan fingerprint density at radius 1 is 0.482 bits per heavy atom. The van der Waals surface area contributed by atoms with Gasteiger partial charge in [0, 0.05) is 30.5 Å². The third kappa shape index (κ3) is 22.0. The molecule has 1 aromatic heterocycles. The van der Waals surface area contributed by atoms with Crippen molar-refractivity contribution in [2.24, 2.45) is 40.4 Å². The van der Waals surface area contributed by atoms with Gasteiger partial charge in [0.15, 0.2) is 43.5 Å². The molecule has 0 radical (unpaired) electrons. The van der Waals surface area contributed by atoms with Crippen molar-refractivity contribution in [2.75, 3.05) is 51.5 Å². The van der Waals surface area contributed by atoms with E-state index >= 15 is 0 Å². The highest BCUT2D eigenvalue weighted by atomic mass is 16.8. The Balaban J connectivity index is 0.561. The minimum absolute atomic E-state index is 0.0283. The van der Waals surface area contributed by atoms with Gasteiger partial charge in [-0.05, 0) is 165 Å². The number of unbranched alkanes of at least 4 members (excludes halogenated alkanes) is 1. The zero-order chi connectivity index (χ0) is 101. The summed E-state index contributed by atoms with van der Waals surface area (Å²) >= 11 is 0. The molecule has 3 aromatic rings. The molecule has 22 N–H and O–H groups in total. The molecule has 44 nitrogen and oxygen atoms in total. The summed E-state index contributed by atoms with van der Waals surface area (Å²) in [6, 6.07) is 10.6. The topological polar surface area (TPSA) is 665 Å². The first-order valence-corrected chi connectivity index (χ1v) is 50.0. The summed E-state index contributed by atoms with van der Waals surface area (Å²) in [4.78, 5) is 86.0. The molecule has 2 aromatic carbocycles. The second-order valence-corrected chi connectivity index (χ2v) is 42.0. The zero-order valence-electron chi connectivity index (χ0n) is 80.8. The number of carbonyl (C=O) groups excluding carboxylic acids is 6. The van der Waals surface area contributed by atoms with Crippen LogP contribution in [0.5, 0.6) is 5.75 Å². The molecular formula is C97H145N7O37. The second kappa shape index (κ2) is 45.6. The Hall–Kier alpha value is -6.60. The number of aromatic nitrogens is 3. The third-order valence-electron chi connectivity index (χ3n) is 32.5. The molecule has 24 fully saturated rings. The van der Waals surface area contributed by atoms with Crippen LogP contribution in [0.1, 0.15) is 204 Å². The maximum Gasteiger partial charge on any atom is 0.246 e. The summed E-state index contributed by atoms with van der Waals surface area (Å²) in [5, 5.41) is 226. The van der Waals surface area contributed by atoms with Gasteiger partial charge in [0.1, 0.15) is 171 Å². The van der Waals surface area contributed by atoms with Crippen molar-refractivity contribution < 1.29 is 182 Å². The molecular weight excluding hydrogens is 1860 g/mol. The number of amides is 5. The Labute approximate surface area is 816 Å². The molecule has 40 atom stereocenters. The van der Waals surface area contributed by atoms with Crippen molar-refractivity contribution >= 4 is 41.0 Å². The minimum Gasteiger partial charge on any atom is -0.508 e. The number of carbonyl (C=O) groups is 6. The molecule has 22 aliphatic heterocycles. The standard InChI is InChI=1S/C97H145N7O37/c1-9-45(85(126)100-64(43(2)3)53(111)33-44(4)84(125)99-48-24-20-46-22-26-61-94(5,50(46)34-48)28-15-30-96(61,7)92(127)101-93(128)97(8)31-16-29-95(6)51-35-49(110)25-21-47(51)23-27-62(95)97)17-13-14-32-98-63(112)42-129-54-19-12-10-11-18-52-65(54)102-103-104(52)36-55-78-66(113)72(119)86(130-55)137-79-56(37-105)132-88(74(121)68(79)115)139-81-58(39-107)134-90(76(123)70(81)117)141-83-60(41-109)135-91(77(124)71(83)118)140-82-59(40-108)133-89(75(122)69(82)116)138-80-57(38-106)131-87(136-78)73(120)67(80)114/h20-21,24-25,34-35,43-45,54-62,64,66-83,86-91,105-110,113-124H,9-19,22-23,26-33,36-42H2,1-8H3,(H,98,112)(H,99,125)(H,100,126)(H,101,127,128)/t44-,45-,54?,55?,56?,57?,58?,59?,60?,61-,62-,64+,66?,67?,68?,69?,70?,71?,72?,73?,74?,75?,76?,77?,78?,79?,80?,81?,82?,83?,86?,87?,88?,89?,90?,91?,94-,95-,96+,97+/m1/s1. The summed E-state index contributed by atoms with van der Waals surface area (Å²) in [5.74, 6) is -3.55. The lowest BCUT2D eigenvalue weighted by Gasteiger charge is -2.56. The molecule has 790 valence electrons. The molecule has 141 heavy (non-hydrogen) atoms. The van der Waals surface area contributed by atoms with Crippen molar-refractivity contribution in [3.63, 3.8) is 0 Å². The number of anilines is 1. The van der Waals surface area contributed by atoms with E-state index in [9.17, 15) is 121 Å². The van der Waals surface area contributed by atoms with E-state index in [0.717, 1.165) is 61.6 Å². The van der Waals surface area contributed by atoms with Crippen LogP contribution in [-0.2, 0) is 127 Å². The van der Waals surface area contributed by atoms with Crippen LogP contribution in [0.25, 0.3) is 0 Å². The number of phenols is 1. The number of Topliss-reactive ketones (excluding diaryl/α,β-unsaturated/α-hetero) is 1. The predicted molar refractivity (Wildman–Crippen MR) is 484 cm³/mol. The van der Waals surface area contributed by atoms with Crippen molar-refractivity contribution in [1.82, 2.24) is 30.9 Å². The number of hydrogen-bond donors (Lipinski definition) is 22. The molecule has 2 saturated carbocycles. The lowest BCUT2D eigenvalue weighted by molar-refractivity contribution is -0.403. The molecule has 27 aliphatic rings. The monoisotopic (exact) mass is 2000 g/mol. The van der Waals surface area contributed by atoms with E-state index in [-0.39, 0.29) is 77.7 Å². The van der Waals surface area contributed by atoms with Gasteiger partial charge in [-0.15, -0.1) is 5.10 Å². The van der Waals surface area contributed by atoms with Crippen molar-refractivity contribution in [1.29, 1.82) is 0 Å². The van der Waals surface area contributed by atoms with E-state index in [4.69, 9.17) is 61.6 Å². The van der Waals surface area contributed by atoms with Gasteiger partial charge in [-0.1, -0.05) is 105 Å². The molecule has 23 heterocycles. The smallest absolute Gasteiger partial charge is 0.246 e. The molecule has 5 amide bonds. The van der Waals surface area contributed by atoms with E-state index < -0.39 is 277 Å². The number of hydrogen-bond acceptors (Lipinski definition) is 39. The fourth-order valence-corrected chi connectivity index (χ4v) is 24.3. The van der Waals surface area contributed by atoms with Gasteiger partial charge in [-0.2, -0.15) is 0 Å². The lowest BCUT2D eigenvalue weighted by atomic mass is 9.49. The summed E-state index contributed by atoms with van der Waals surface area (Å²) in [6.07, 6.45) is -50.0. The predicted octanol–water partition coefficient (Wildman–Crippen LogP) is -2.82. The number of aryl methyl sites for hydroxylation is 2. The van der Waals surface area contributed by atoms with Crippen LogP contribution in [0, 0.1) is 40.4 Å². The van der Waals surface area contributed by atoms with Gasteiger partial charge < -0.3 is 169 Å². The van der Waals surface area contributed by atoms with E-state index in [0.29, 0.717) is 87.7 Å². The first-order valence-electron chi connectivity index (χ1n) is 50.0. The van der Waals surface area contributed by atoms with E-state index in [1.165, 1.54) is 10.2 Å². The fourth-order valence-electron chi connectivity index (χ4n) is 24.3. The van der Waals surface area contributed by atoms with Crippen molar-refractivity contribution in [3.8, 4) is 5.75 Å². The average molecular weight is 2000 g/mol. The van der Waals surface area contributed by atoms with E-state index in [1.54, 1.807) is 13.0 Å². The maximum atomic E-state index is 14.9. The maximum absolute atomic E-state index is 14.9. The number of aliphatic hydroxyl groups is 17. The van der Waals surface area contributed by atoms with Crippen LogP contribution >= 0.6 is 0 Å². The quantitative estimate of drug-likeness (QED) is 0.0285. The van der Waals surface area contributed by atoms with Crippen molar-refractivity contribution in [3.05, 3.63) is 70.0 Å². The van der Waals surface area contributed by atoms with Crippen molar-refractivity contribution in [2.45, 2.75) is 398 Å². The highest BCUT2D eigenvalue weighted by molar-refractivity contribution is 6.01. The Morgan fingerprint density at radius 2 is 0.901 bits per heavy atom. The lowest BCUT2D eigenvalue weighted by Crippen LogP contribution is -2.69. The molecule has 30 rings (SSSR count). The molecule has 0 spiro atoms. The van der Waals surface area contributed by atoms with Gasteiger partial charge in [-0.25, -0.2) is 4.68 Å². The number of ether oxygens (including phenoxy) is 13. The number of aliphatic hydroxyl groups excluding tert-OH is 17. The first kappa shape index (κ1) is 109. The summed E-state index contributed by atoms with van der Waals surface area (Å²) in [7, 11) is 0. The van der Waals surface area contributed by atoms with E-state index in [1.807, 2.05) is 65.0 Å². The SMILES string of the molecule is CC[C@H](CCCCNC(=O)COC1CCCCCc2c1nnn2CC1OC2OC3C(CO)OC(OC4C(CO)OC(OC5C(CO)OC(OC6C(CO)OC(OC7C(CO)OC(OC1C(O)C2O)C(O)C7O)C(O)C6O)C(O)C5O)C(O)C4O)C(O)C3O)C(=O)N[C@H](C(=O)C[C@@H](C)C(=O)Nc1ccc2c(c1)[C@@]1(C)CCC[C@](C)(C(=O)NC(=O)[C@@]3(C)CCC[C@]4(C)c5cc(O)ccc5CC[C@@H]34)[C@@H]1CC2)C(C)C. The highest BCUT2D eigenvalue weighted by Crippen LogP contribution is 2.61. The summed E-state index contributed by atoms with van der Waals surface area (Å²) < 4.78 is 79.2. The van der Waals surface area contributed by atoms with Gasteiger partial charge >= 0.3 is 0 Å². The normalized spacial score (nSPS) is 41.1. The van der Waals surface area contributed by atoms with Crippen LogP contribution in [0.3, 0.4) is 0 Å².